The Kier molecular flexibility index (Phi) is 3.20. The van der Waals surface area contributed by atoms with Gasteiger partial charge in [-0.2, -0.15) is 0 Å². The maximum absolute atomic E-state index is 4.17. The topological polar surface area (TPSA) is 28.1 Å². The average Bonchev–Trinajstić information content (AvgIpc) is 3.24. The van der Waals surface area contributed by atoms with Crippen LogP contribution in [0.3, 0.4) is 0 Å². The van der Waals surface area contributed by atoms with Crippen LogP contribution in [0.25, 0.3) is 21.7 Å². The second kappa shape index (κ2) is 5.49. The van der Waals surface area contributed by atoms with E-state index >= 15 is 0 Å². The molecule has 1 aromatic heterocycles. The third-order valence-electron chi connectivity index (χ3n) is 3.99. The van der Waals surface area contributed by atoms with Crippen LogP contribution in [0, 0.1) is 0 Å². The van der Waals surface area contributed by atoms with Crippen molar-refractivity contribution >= 4 is 33.6 Å². The van der Waals surface area contributed by atoms with E-state index in [1.54, 1.807) is 0 Å². The summed E-state index contributed by atoms with van der Waals surface area (Å²) in [5, 5.41) is 3.92. The van der Waals surface area contributed by atoms with Gasteiger partial charge in [0.25, 0.3) is 0 Å². The van der Waals surface area contributed by atoms with Crippen molar-refractivity contribution < 1.29 is 0 Å². The number of nitrogens with zero attached hydrogens (tertiary/aromatic N) is 1. The molecular formula is C20H16N2. The molecule has 0 aliphatic carbocycles. The molecule has 0 saturated heterocycles. The standard InChI is InChI=1S/C12H9N.C8H7N/c1-2-4-10-9(3-1)5-6-12-11(10)7-8-13-12;1-2-4-8-7(3-1)5-6-9-8/h1-8,13H;1-4,6H,5H2. The summed E-state index contributed by atoms with van der Waals surface area (Å²) in [6.45, 7) is 0. The number of hydrogen-bond donors (Lipinski definition) is 1. The molecule has 22 heavy (non-hydrogen) atoms. The molecular weight excluding hydrogens is 268 g/mol. The van der Waals surface area contributed by atoms with E-state index in [1.807, 2.05) is 30.6 Å². The van der Waals surface area contributed by atoms with E-state index in [9.17, 15) is 0 Å². The van der Waals surface area contributed by atoms with E-state index in [0.29, 0.717) is 0 Å². The molecule has 3 aromatic carbocycles. The predicted octanol–water partition coefficient (Wildman–Crippen LogP) is 5.27. The Morgan fingerprint density at radius 2 is 1.64 bits per heavy atom. The number of fused-ring (bicyclic) bond motifs is 4. The highest BCUT2D eigenvalue weighted by Gasteiger charge is 2.02. The number of aliphatic imine (C=N–C) groups is 1. The Bertz CT molecular complexity index is 963. The molecule has 0 spiro atoms. The van der Waals surface area contributed by atoms with Crippen LogP contribution in [0.4, 0.5) is 5.69 Å². The molecule has 1 N–H and O–H groups in total. The first-order chi connectivity index (χ1) is 10.9. The average molecular weight is 284 g/mol. The molecule has 0 saturated carbocycles. The van der Waals surface area contributed by atoms with Gasteiger partial charge in [-0.15, -0.1) is 0 Å². The molecule has 4 aromatic rings. The molecule has 106 valence electrons. The summed E-state index contributed by atoms with van der Waals surface area (Å²) in [6, 6.07) is 23.1. The van der Waals surface area contributed by atoms with E-state index in [2.05, 4.69) is 58.5 Å². The minimum atomic E-state index is 1.01. The number of hydrogen-bond acceptors (Lipinski definition) is 1. The third-order valence-corrected chi connectivity index (χ3v) is 3.99. The van der Waals surface area contributed by atoms with Gasteiger partial charge in [0.2, 0.25) is 0 Å². The van der Waals surface area contributed by atoms with Gasteiger partial charge < -0.3 is 4.98 Å². The first-order valence-corrected chi connectivity index (χ1v) is 7.47. The minimum absolute atomic E-state index is 1.01. The zero-order chi connectivity index (χ0) is 14.8. The van der Waals surface area contributed by atoms with Gasteiger partial charge in [0, 0.05) is 29.7 Å². The summed E-state index contributed by atoms with van der Waals surface area (Å²) >= 11 is 0. The molecule has 0 unspecified atom stereocenters. The van der Waals surface area contributed by atoms with Gasteiger partial charge in [-0.3, -0.25) is 4.99 Å². The van der Waals surface area contributed by atoms with E-state index in [1.165, 1.54) is 27.2 Å². The zero-order valence-electron chi connectivity index (χ0n) is 12.2. The molecule has 0 fully saturated rings. The quantitative estimate of drug-likeness (QED) is 0.456. The van der Waals surface area contributed by atoms with Gasteiger partial charge in [0.15, 0.2) is 0 Å². The summed E-state index contributed by atoms with van der Waals surface area (Å²) in [5.74, 6) is 0. The lowest BCUT2D eigenvalue weighted by Gasteiger charge is -1.97. The van der Waals surface area contributed by atoms with Gasteiger partial charge >= 0.3 is 0 Å². The highest BCUT2D eigenvalue weighted by atomic mass is 14.7. The number of para-hydroxylation sites is 1. The maximum Gasteiger partial charge on any atom is 0.0661 e. The van der Waals surface area contributed by atoms with Crippen LogP contribution in [0.1, 0.15) is 5.56 Å². The van der Waals surface area contributed by atoms with Crippen molar-refractivity contribution in [3.8, 4) is 0 Å². The van der Waals surface area contributed by atoms with Gasteiger partial charge in [0.1, 0.15) is 0 Å². The number of H-pyrrole nitrogens is 1. The highest BCUT2D eigenvalue weighted by Crippen LogP contribution is 2.24. The first kappa shape index (κ1) is 12.8. The van der Waals surface area contributed by atoms with Crippen molar-refractivity contribution in [3.63, 3.8) is 0 Å². The fourth-order valence-corrected chi connectivity index (χ4v) is 2.87. The Morgan fingerprint density at radius 1 is 0.773 bits per heavy atom. The molecule has 1 aliphatic heterocycles. The van der Waals surface area contributed by atoms with Crippen LogP contribution < -0.4 is 0 Å². The van der Waals surface area contributed by atoms with Crippen molar-refractivity contribution in [2.45, 2.75) is 6.42 Å². The smallest absolute Gasteiger partial charge is 0.0661 e. The second-order valence-corrected chi connectivity index (χ2v) is 5.37. The molecule has 0 amide bonds. The molecule has 0 radical (unpaired) electrons. The van der Waals surface area contributed by atoms with Gasteiger partial charge in [-0.1, -0.05) is 48.5 Å². The second-order valence-electron chi connectivity index (χ2n) is 5.37. The number of aromatic nitrogens is 1. The van der Waals surface area contributed by atoms with Crippen LogP contribution in [0.5, 0.6) is 0 Å². The fraction of sp³-hybridized carbons (Fsp3) is 0.0500. The first-order valence-electron chi connectivity index (χ1n) is 7.47. The molecule has 5 rings (SSSR count). The molecule has 2 heterocycles. The number of aromatic amines is 1. The number of benzene rings is 3. The van der Waals surface area contributed by atoms with E-state index in [4.69, 9.17) is 0 Å². The molecule has 0 atom stereocenters. The van der Waals surface area contributed by atoms with E-state index in [0.717, 1.165) is 12.1 Å². The highest BCUT2D eigenvalue weighted by molar-refractivity contribution is 6.06. The van der Waals surface area contributed by atoms with Gasteiger partial charge in [-0.05, 0) is 34.5 Å². The lowest BCUT2D eigenvalue weighted by molar-refractivity contribution is 1.41. The van der Waals surface area contributed by atoms with E-state index < -0.39 is 0 Å². The van der Waals surface area contributed by atoms with Gasteiger partial charge in [0.05, 0.1) is 5.69 Å². The van der Waals surface area contributed by atoms with Crippen molar-refractivity contribution in [2.75, 3.05) is 0 Å². The van der Waals surface area contributed by atoms with Crippen molar-refractivity contribution in [3.05, 3.63) is 78.5 Å². The van der Waals surface area contributed by atoms with Crippen molar-refractivity contribution in [1.29, 1.82) is 0 Å². The lowest BCUT2D eigenvalue weighted by Crippen LogP contribution is -1.75. The lowest BCUT2D eigenvalue weighted by atomic mass is 10.1. The van der Waals surface area contributed by atoms with Crippen LogP contribution in [-0.4, -0.2) is 11.2 Å². The largest absolute Gasteiger partial charge is 0.361 e. The molecule has 2 heteroatoms. The van der Waals surface area contributed by atoms with Gasteiger partial charge in [-0.25, -0.2) is 0 Å². The van der Waals surface area contributed by atoms with E-state index in [-0.39, 0.29) is 0 Å². The molecule has 1 aliphatic rings. The van der Waals surface area contributed by atoms with Crippen molar-refractivity contribution in [2.24, 2.45) is 4.99 Å². The van der Waals surface area contributed by atoms with Crippen LogP contribution >= 0.6 is 0 Å². The summed E-state index contributed by atoms with van der Waals surface area (Å²) in [6.07, 6.45) is 4.94. The maximum atomic E-state index is 4.17. The zero-order valence-corrected chi connectivity index (χ0v) is 12.2. The third kappa shape index (κ3) is 2.29. The Balaban J connectivity index is 0.000000122. The molecule has 2 nitrogen and oxygen atoms in total. The Labute approximate surface area is 129 Å². The number of nitrogens with one attached hydrogen (secondary N) is 1. The fourth-order valence-electron chi connectivity index (χ4n) is 2.87. The SMILES string of the molecule is C1=Nc2ccccc2C1.c1ccc2c(c1)ccc1[nH]ccc12. The normalized spacial score (nSPS) is 12.2. The van der Waals surface area contributed by atoms with Crippen LogP contribution in [-0.2, 0) is 6.42 Å². The predicted molar refractivity (Wildman–Crippen MR) is 94.1 cm³/mol. The summed E-state index contributed by atoms with van der Waals surface area (Å²) in [5.41, 5.74) is 3.69. The summed E-state index contributed by atoms with van der Waals surface area (Å²) < 4.78 is 0. The monoisotopic (exact) mass is 284 g/mol. The summed E-state index contributed by atoms with van der Waals surface area (Å²) in [7, 11) is 0. The minimum Gasteiger partial charge on any atom is -0.361 e. The Hall–Kier alpha value is -2.87. The van der Waals surface area contributed by atoms with Crippen molar-refractivity contribution in [1.82, 2.24) is 4.98 Å². The molecule has 0 bridgehead atoms. The van der Waals surface area contributed by atoms with Crippen LogP contribution in [0.15, 0.2) is 77.9 Å². The Morgan fingerprint density at radius 3 is 2.59 bits per heavy atom. The van der Waals surface area contributed by atoms with Crippen LogP contribution in [0.2, 0.25) is 0 Å². The summed E-state index contributed by atoms with van der Waals surface area (Å²) in [4.78, 5) is 7.39. The number of rotatable bonds is 0.